The summed E-state index contributed by atoms with van der Waals surface area (Å²) < 4.78 is 0. The summed E-state index contributed by atoms with van der Waals surface area (Å²) in [5.74, 6) is 0.933. The van der Waals surface area contributed by atoms with Gasteiger partial charge >= 0.3 is 0 Å². The van der Waals surface area contributed by atoms with E-state index in [4.69, 9.17) is 11.6 Å². The second kappa shape index (κ2) is 5.98. The van der Waals surface area contributed by atoms with Gasteiger partial charge < -0.3 is 4.90 Å². The van der Waals surface area contributed by atoms with Crippen LogP contribution in [-0.2, 0) is 4.79 Å². The lowest BCUT2D eigenvalue weighted by molar-refractivity contribution is -0.132. The summed E-state index contributed by atoms with van der Waals surface area (Å²) >= 11 is 5.98. The zero-order valence-corrected chi connectivity index (χ0v) is 13.4. The third-order valence-electron chi connectivity index (χ3n) is 4.70. The minimum absolute atomic E-state index is 0.0121. The molecule has 1 saturated carbocycles. The van der Waals surface area contributed by atoms with Gasteiger partial charge in [0.05, 0.1) is 6.04 Å². The van der Waals surface area contributed by atoms with Crippen LogP contribution >= 0.6 is 11.6 Å². The first-order valence-electron chi connectivity index (χ1n) is 7.95. The number of carbonyl (C=O) groups excluding carboxylic acids is 1. The van der Waals surface area contributed by atoms with Crippen LogP contribution in [0.5, 0.6) is 0 Å². The summed E-state index contributed by atoms with van der Waals surface area (Å²) in [5, 5.41) is 4.26. The van der Waals surface area contributed by atoms with Crippen molar-refractivity contribution in [2.45, 2.75) is 57.8 Å². The van der Waals surface area contributed by atoms with E-state index < -0.39 is 0 Å². The van der Waals surface area contributed by atoms with Gasteiger partial charge in [-0.05, 0) is 49.8 Å². The van der Waals surface area contributed by atoms with Gasteiger partial charge in [-0.15, -0.1) is 0 Å². The number of hydrogen-bond acceptors (Lipinski definition) is 2. The van der Waals surface area contributed by atoms with Gasteiger partial charge in [-0.1, -0.05) is 37.1 Å². The molecule has 3 nitrogen and oxygen atoms in total. The lowest BCUT2D eigenvalue weighted by Crippen LogP contribution is -2.39. The van der Waals surface area contributed by atoms with Crippen LogP contribution in [0.25, 0.3) is 0 Å². The topological polar surface area (TPSA) is 32.3 Å². The second-order valence-corrected chi connectivity index (χ2v) is 6.72. The molecule has 3 rings (SSSR count). The highest BCUT2D eigenvalue weighted by atomic mass is 35.5. The van der Waals surface area contributed by atoms with Crippen LogP contribution in [0.2, 0.25) is 5.02 Å². The van der Waals surface area contributed by atoms with E-state index >= 15 is 0 Å². The predicted molar refractivity (Wildman–Crippen MR) is 85.1 cm³/mol. The summed E-state index contributed by atoms with van der Waals surface area (Å²) in [6, 6.07) is 8.11. The van der Waals surface area contributed by atoms with Crippen LogP contribution in [0, 0.1) is 5.92 Å². The standard InChI is InChI=1S/C17H23ClN2O/c1-3-4-15-17(21)20(11(2)12-5-6-12)16(19-15)13-7-9-14(18)10-8-13/h7-12,15-16,19H,3-6H2,1-2H3. The van der Waals surface area contributed by atoms with Gasteiger partial charge in [0.15, 0.2) is 0 Å². The Morgan fingerprint density at radius 3 is 2.57 bits per heavy atom. The molecule has 1 saturated heterocycles. The predicted octanol–water partition coefficient (Wildman–Crippen LogP) is 3.74. The quantitative estimate of drug-likeness (QED) is 0.899. The van der Waals surface area contributed by atoms with Crippen LogP contribution in [0.1, 0.15) is 51.3 Å². The van der Waals surface area contributed by atoms with E-state index in [1.54, 1.807) is 0 Å². The normalized spacial score (nSPS) is 27.2. The molecule has 4 heteroatoms. The highest BCUT2D eigenvalue weighted by Gasteiger charge is 2.45. The van der Waals surface area contributed by atoms with Crippen molar-refractivity contribution in [3.63, 3.8) is 0 Å². The van der Waals surface area contributed by atoms with Crippen molar-refractivity contribution >= 4 is 17.5 Å². The average molecular weight is 307 g/mol. The molecule has 2 fully saturated rings. The lowest BCUT2D eigenvalue weighted by atomic mass is 10.1. The Bertz CT molecular complexity index is 512. The Morgan fingerprint density at radius 1 is 1.33 bits per heavy atom. The van der Waals surface area contributed by atoms with Crippen LogP contribution in [0.15, 0.2) is 24.3 Å². The molecule has 0 radical (unpaired) electrons. The molecule has 1 amide bonds. The zero-order chi connectivity index (χ0) is 15.0. The highest BCUT2D eigenvalue weighted by molar-refractivity contribution is 6.30. The first kappa shape index (κ1) is 14.9. The number of halogens is 1. The summed E-state index contributed by atoms with van der Waals surface area (Å²) in [7, 11) is 0. The Hall–Kier alpha value is -1.06. The molecule has 114 valence electrons. The Balaban J connectivity index is 1.87. The molecule has 2 aliphatic rings. The largest absolute Gasteiger partial charge is 0.319 e. The number of amides is 1. The summed E-state index contributed by atoms with van der Waals surface area (Å²) in [5.41, 5.74) is 1.12. The molecule has 1 heterocycles. The molecule has 1 aromatic rings. The molecule has 0 spiro atoms. The Labute approximate surface area is 131 Å². The van der Waals surface area contributed by atoms with Gasteiger partial charge in [0, 0.05) is 11.1 Å². The van der Waals surface area contributed by atoms with Crippen LogP contribution in [0.3, 0.4) is 0 Å². The number of nitrogens with zero attached hydrogens (tertiary/aromatic N) is 1. The Kier molecular flexibility index (Phi) is 4.23. The molecular formula is C17H23ClN2O. The van der Waals surface area contributed by atoms with E-state index in [1.165, 1.54) is 12.8 Å². The molecule has 1 aliphatic heterocycles. The third-order valence-corrected chi connectivity index (χ3v) is 4.95. The summed E-state index contributed by atoms with van der Waals surface area (Å²) in [6.45, 7) is 4.31. The van der Waals surface area contributed by atoms with Crippen molar-refractivity contribution in [1.29, 1.82) is 0 Å². The maximum atomic E-state index is 12.8. The lowest BCUT2D eigenvalue weighted by Gasteiger charge is -2.30. The molecule has 1 N–H and O–H groups in total. The van der Waals surface area contributed by atoms with Gasteiger partial charge in [-0.3, -0.25) is 10.1 Å². The number of rotatable bonds is 5. The molecule has 3 unspecified atom stereocenters. The van der Waals surface area contributed by atoms with Crippen LogP contribution in [-0.4, -0.2) is 22.9 Å². The van der Waals surface area contributed by atoms with Crippen molar-refractivity contribution in [3.8, 4) is 0 Å². The first-order valence-corrected chi connectivity index (χ1v) is 8.33. The number of benzene rings is 1. The maximum Gasteiger partial charge on any atom is 0.241 e. The third kappa shape index (κ3) is 2.95. The molecule has 0 bridgehead atoms. The minimum atomic E-state index is -0.0446. The molecule has 1 aliphatic carbocycles. The van der Waals surface area contributed by atoms with Gasteiger partial charge in [-0.2, -0.15) is 0 Å². The molecule has 21 heavy (non-hydrogen) atoms. The highest BCUT2D eigenvalue weighted by Crippen LogP contribution is 2.40. The fourth-order valence-corrected chi connectivity index (χ4v) is 3.41. The van der Waals surface area contributed by atoms with Gasteiger partial charge in [0.2, 0.25) is 5.91 Å². The van der Waals surface area contributed by atoms with E-state index in [2.05, 4.69) is 24.1 Å². The number of hydrogen-bond donors (Lipinski definition) is 1. The van der Waals surface area contributed by atoms with E-state index in [1.807, 2.05) is 24.3 Å². The fourth-order valence-electron chi connectivity index (χ4n) is 3.29. The SMILES string of the molecule is CCCC1NC(c2ccc(Cl)cc2)N(C(C)C2CC2)C1=O. The molecular weight excluding hydrogens is 284 g/mol. The number of carbonyl (C=O) groups is 1. The monoisotopic (exact) mass is 306 g/mol. The van der Waals surface area contributed by atoms with Crippen molar-refractivity contribution in [2.75, 3.05) is 0 Å². The van der Waals surface area contributed by atoms with E-state index in [-0.39, 0.29) is 18.1 Å². The smallest absolute Gasteiger partial charge is 0.241 e. The maximum absolute atomic E-state index is 12.8. The van der Waals surface area contributed by atoms with Gasteiger partial charge in [-0.25, -0.2) is 0 Å². The van der Waals surface area contributed by atoms with Crippen LogP contribution < -0.4 is 5.32 Å². The van der Waals surface area contributed by atoms with Crippen molar-refractivity contribution < 1.29 is 4.79 Å². The first-order chi connectivity index (χ1) is 10.1. The molecule has 3 atom stereocenters. The van der Waals surface area contributed by atoms with Crippen molar-refractivity contribution in [1.82, 2.24) is 10.2 Å². The zero-order valence-electron chi connectivity index (χ0n) is 12.7. The fraction of sp³-hybridized carbons (Fsp3) is 0.588. The summed E-state index contributed by atoms with van der Waals surface area (Å²) in [6.07, 6.45) is 4.40. The second-order valence-electron chi connectivity index (χ2n) is 6.29. The van der Waals surface area contributed by atoms with E-state index in [9.17, 15) is 4.79 Å². The van der Waals surface area contributed by atoms with Gasteiger partial charge in [0.25, 0.3) is 0 Å². The Morgan fingerprint density at radius 2 is 2.00 bits per heavy atom. The van der Waals surface area contributed by atoms with Gasteiger partial charge in [0.1, 0.15) is 6.17 Å². The van der Waals surface area contributed by atoms with Crippen LogP contribution in [0.4, 0.5) is 0 Å². The molecule has 1 aromatic carbocycles. The minimum Gasteiger partial charge on any atom is -0.319 e. The summed E-state index contributed by atoms with van der Waals surface area (Å²) in [4.78, 5) is 14.8. The molecule has 0 aromatic heterocycles. The van der Waals surface area contributed by atoms with E-state index in [0.29, 0.717) is 12.0 Å². The van der Waals surface area contributed by atoms with E-state index in [0.717, 1.165) is 23.4 Å². The van der Waals surface area contributed by atoms with Crippen molar-refractivity contribution in [2.24, 2.45) is 5.92 Å². The van der Waals surface area contributed by atoms with Crippen molar-refractivity contribution in [3.05, 3.63) is 34.9 Å². The number of nitrogens with one attached hydrogen (secondary N) is 1. The average Bonchev–Trinajstić information content (AvgIpc) is 3.26.